The van der Waals surface area contributed by atoms with Gasteiger partial charge in [0.15, 0.2) is 11.5 Å². The molecule has 2 atom stereocenters. The molecule has 40 heavy (non-hydrogen) atoms. The highest BCUT2D eigenvalue weighted by Crippen LogP contribution is 2.55. The molecule has 1 fully saturated rings. The molecule has 3 aromatic rings. The smallest absolute Gasteiger partial charge is 0.419 e. The van der Waals surface area contributed by atoms with Crippen molar-refractivity contribution in [3.63, 3.8) is 0 Å². The van der Waals surface area contributed by atoms with Gasteiger partial charge in [-0.2, -0.15) is 13.2 Å². The van der Waals surface area contributed by atoms with Crippen molar-refractivity contribution in [3.8, 4) is 11.5 Å². The largest absolute Gasteiger partial charge is 0.493 e. The number of alkyl halides is 5. The molecule has 0 unspecified atom stereocenters. The summed E-state index contributed by atoms with van der Waals surface area (Å²) in [5.41, 5.74) is -1.88. The minimum Gasteiger partial charge on any atom is -0.493 e. The van der Waals surface area contributed by atoms with Gasteiger partial charge in [0, 0.05) is 41.3 Å². The van der Waals surface area contributed by atoms with Gasteiger partial charge in [0.25, 0.3) is 0 Å². The lowest BCUT2D eigenvalue weighted by Crippen LogP contribution is -2.59. The van der Waals surface area contributed by atoms with Crippen molar-refractivity contribution in [2.75, 3.05) is 33.1 Å². The molecule has 0 spiro atoms. The van der Waals surface area contributed by atoms with Crippen LogP contribution in [-0.4, -0.2) is 54.6 Å². The van der Waals surface area contributed by atoms with E-state index in [0.29, 0.717) is 28.5 Å². The van der Waals surface area contributed by atoms with E-state index >= 15 is 0 Å². The van der Waals surface area contributed by atoms with Gasteiger partial charge >= 0.3 is 6.18 Å². The first-order valence-electron chi connectivity index (χ1n) is 12.7. The molecule has 6 nitrogen and oxygen atoms in total. The molecule has 2 aromatic carbocycles. The van der Waals surface area contributed by atoms with Crippen molar-refractivity contribution in [1.29, 1.82) is 0 Å². The first-order valence-corrected chi connectivity index (χ1v) is 12.7. The van der Waals surface area contributed by atoms with Gasteiger partial charge in [-0.3, -0.25) is 0 Å². The molecular formula is C28H32F6N4O2. The second-order valence-electron chi connectivity index (χ2n) is 10.7. The fourth-order valence-corrected chi connectivity index (χ4v) is 5.29. The van der Waals surface area contributed by atoms with E-state index in [1.54, 1.807) is 19.1 Å². The Morgan fingerprint density at radius 3 is 2.33 bits per heavy atom. The number of halogens is 6. The van der Waals surface area contributed by atoms with Crippen molar-refractivity contribution in [1.82, 2.24) is 14.9 Å². The van der Waals surface area contributed by atoms with Crippen molar-refractivity contribution in [2.45, 2.75) is 57.8 Å². The summed E-state index contributed by atoms with van der Waals surface area (Å²) in [6.07, 6.45) is -5.47. The van der Waals surface area contributed by atoms with Crippen LogP contribution < -0.4 is 14.8 Å². The van der Waals surface area contributed by atoms with Crippen LogP contribution in [0.25, 0.3) is 10.9 Å². The molecule has 0 bridgehead atoms. The Morgan fingerprint density at radius 2 is 1.75 bits per heavy atom. The summed E-state index contributed by atoms with van der Waals surface area (Å²) < 4.78 is 94.2. The molecule has 1 aliphatic carbocycles. The van der Waals surface area contributed by atoms with E-state index in [-0.39, 0.29) is 42.6 Å². The summed E-state index contributed by atoms with van der Waals surface area (Å²) in [5, 5.41) is 3.44. The molecule has 1 saturated carbocycles. The standard InChI is InChI=1S/C28H32F6N4O2/c1-15(18-8-7-9-20(24(18)29)28(32,33)34)35-25-19-10-23(22(39-6)11-21(19)36-17(3)37-25)40-14-26(16(2)38(4)5)12-27(30,31)13-26/h7-11,15-16H,12-14H2,1-6H3,(H,35,36,37)/t15-,16-/m1/s1. The van der Waals surface area contributed by atoms with Crippen LogP contribution in [-0.2, 0) is 6.18 Å². The van der Waals surface area contributed by atoms with Crippen LogP contribution in [0.1, 0.15) is 49.7 Å². The van der Waals surface area contributed by atoms with Crippen molar-refractivity contribution < 1.29 is 35.8 Å². The fourth-order valence-electron chi connectivity index (χ4n) is 5.29. The maximum Gasteiger partial charge on any atom is 0.419 e. The molecule has 218 valence electrons. The Bertz CT molecular complexity index is 1390. The summed E-state index contributed by atoms with van der Waals surface area (Å²) in [7, 11) is 5.09. The number of nitrogens with zero attached hydrogens (tertiary/aromatic N) is 3. The molecule has 0 radical (unpaired) electrons. The molecule has 0 aliphatic heterocycles. The van der Waals surface area contributed by atoms with E-state index in [9.17, 15) is 26.3 Å². The highest BCUT2D eigenvalue weighted by atomic mass is 19.4. The van der Waals surface area contributed by atoms with Gasteiger partial charge < -0.3 is 19.7 Å². The summed E-state index contributed by atoms with van der Waals surface area (Å²) in [5.74, 6) is -2.94. The van der Waals surface area contributed by atoms with Gasteiger partial charge in [0.05, 0.1) is 30.8 Å². The van der Waals surface area contributed by atoms with Crippen LogP contribution in [0.4, 0.5) is 32.2 Å². The average Bonchev–Trinajstić information content (AvgIpc) is 2.84. The quantitative estimate of drug-likeness (QED) is 0.279. The Morgan fingerprint density at radius 1 is 1.07 bits per heavy atom. The normalized spacial score (nSPS) is 17.8. The number of hydrogen-bond acceptors (Lipinski definition) is 6. The van der Waals surface area contributed by atoms with Gasteiger partial charge in [0.1, 0.15) is 17.5 Å². The highest BCUT2D eigenvalue weighted by molar-refractivity contribution is 5.92. The fraction of sp³-hybridized carbons (Fsp3) is 0.500. The topological polar surface area (TPSA) is 59.5 Å². The summed E-state index contributed by atoms with van der Waals surface area (Å²) in [6.45, 7) is 5.04. The number of methoxy groups -OCH3 is 1. The van der Waals surface area contributed by atoms with Gasteiger partial charge in [0.2, 0.25) is 5.92 Å². The molecule has 1 aromatic heterocycles. The highest BCUT2D eigenvalue weighted by Gasteiger charge is 2.60. The third-order valence-corrected chi connectivity index (χ3v) is 7.64. The molecular weight excluding hydrogens is 538 g/mol. The van der Waals surface area contributed by atoms with Crippen molar-refractivity contribution in [3.05, 3.63) is 53.1 Å². The minimum atomic E-state index is -4.84. The third-order valence-electron chi connectivity index (χ3n) is 7.64. The molecule has 1 aliphatic rings. The molecule has 0 saturated heterocycles. The van der Waals surface area contributed by atoms with Gasteiger partial charge in [-0.15, -0.1) is 0 Å². The van der Waals surface area contributed by atoms with Gasteiger partial charge in [-0.25, -0.2) is 23.1 Å². The van der Waals surface area contributed by atoms with E-state index in [0.717, 1.165) is 6.07 Å². The maximum atomic E-state index is 14.8. The average molecular weight is 571 g/mol. The van der Waals surface area contributed by atoms with Crippen LogP contribution in [0, 0.1) is 18.2 Å². The number of aryl methyl sites for hydroxylation is 1. The number of fused-ring (bicyclic) bond motifs is 1. The maximum absolute atomic E-state index is 14.8. The second kappa shape index (κ2) is 10.6. The second-order valence-corrected chi connectivity index (χ2v) is 10.7. The number of rotatable bonds is 9. The number of aromatic nitrogens is 2. The van der Waals surface area contributed by atoms with E-state index in [2.05, 4.69) is 15.3 Å². The number of nitrogens with one attached hydrogen (secondary N) is 1. The molecule has 1 N–H and O–H groups in total. The zero-order chi connectivity index (χ0) is 29.6. The monoisotopic (exact) mass is 570 g/mol. The molecule has 0 amide bonds. The molecule has 4 rings (SSSR count). The van der Waals surface area contributed by atoms with Crippen LogP contribution in [0.2, 0.25) is 0 Å². The van der Waals surface area contributed by atoms with Gasteiger partial charge in [-0.1, -0.05) is 12.1 Å². The lowest BCUT2D eigenvalue weighted by Gasteiger charge is -2.52. The van der Waals surface area contributed by atoms with Crippen LogP contribution in [0.5, 0.6) is 11.5 Å². The Hall–Kier alpha value is -3.28. The van der Waals surface area contributed by atoms with Crippen molar-refractivity contribution in [2.24, 2.45) is 5.41 Å². The van der Waals surface area contributed by atoms with Crippen molar-refractivity contribution >= 4 is 16.7 Å². The van der Waals surface area contributed by atoms with E-state index < -0.39 is 34.9 Å². The Balaban J connectivity index is 1.69. The summed E-state index contributed by atoms with van der Waals surface area (Å²) in [4.78, 5) is 10.7. The lowest BCUT2D eigenvalue weighted by molar-refractivity contribution is -0.193. The summed E-state index contributed by atoms with van der Waals surface area (Å²) in [6, 6.07) is 5.22. The molecule has 12 heteroatoms. The number of hydrogen-bond donors (Lipinski definition) is 1. The first kappa shape index (κ1) is 29.7. The summed E-state index contributed by atoms with van der Waals surface area (Å²) >= 11 is 0. The lowest BCUT2D eigenvalue weighted by atomic mass is 9.62. The Labute approximate surface area is 228 Å². The predicted molar refractivity (Wildman–Crippen MR) is 140 cm³/mol. The first-order chi connectivity index (χ1) is 18.6. The Kier molecular flexibility index (Phi) is 7.87. The predicted octanol–water partition coefficient (Wildman–Crippen LogP) is 7.02. The van der Waals surface area contributed by atoms with Crippen LogP contribution in [0.3, 0.4) is 0 Å². The number of ether oxygens (including phenoxy) is 2. The number of benzene rings is 2. The third kappa shape index (κ3) is 5.77. The van der Waals surface area contributed by atoms with E-state index in [1.807, 2.05) is 25.9 Å². The van der Waals surface area contributed by atoms with Crippen LogP contribution >= 0.6 is 0 Å². The zero-order valence-corrected chi connectivity index (χ0v) is 23.1. The SMILES string of the molecule is COc1cc2nc(C)nc(N[C@H](C)c3cccc(C(F)(F)F)c3F)c2cc1OCC1([C@@H](C)N(C)C)CC(F)(F)C1. The number of anilines is 1. The van der Waals surface area contributed by atoms with E-state index in [4.69, 9.17) is 9.47 Å². The van der Waals surface area contributed by atoms with E-state index in [1.165, 1.54) is 20.1 Å². The zero-order valence-electron chi connectivity index (χ0n) is 23.1. The van der Waals surface area contributed by atoms with Crippen LogP contribution in [0.15, 0.2) is 30.3 Å². The molecule has 1 heterocycles. The van der Waals surface area contributed by atoms with Gasteiger partial charge in [-0.05, 0) is 47.0 Å². The minimum absolute atomic E-state index is 0.00509.